The van der Waals surface area contributed by atoms with E-state index in [9.17, 15) is 13.2 Å². The fraction of sp³-hybridized carbons (Fsp3) is 0.286. The third-order valence-electron chi connectivity index (χ3n) is 3.72. The van der Waals surface area contributed by atoms with E-state index in [1.54, 1.807) is 0 Å². The van der Waals surface area contributed by atoms with E-state index < -0.39 is 21.9 Å². The second-order valence-corrected chi connectivity index (χ2v) is 7.08. The summed E-state index contributed by atoms with van der Waals surface area (Å²) in [7, 11) is -3.71. The smallest absolute Gasteiger partial charge is 0.307 e. The number of benzene rings is 1. The van der Waals surface area contributed by atoms with Crippen LogP contribution in [0, 0.1) is 5.92 Å². The number of nitrogens with zero attached hydrogens (tertiary/aromatic N) is 3. The number of para-hydroxylation sites is 1. The number of carbonyl (C=O) groups is 1. The first kappa shape index (κ1) is 14.7. The molecular weight excluding hydrogens is 306 g/mol. The van der Waals surface area contributed by atoms with Gasteiger partial charge in [-0.25, -0.2) is 13.1 Å². The zero-order valence-electron chi connectivity index (χ0n) is 11.7. The molecular formula is C14H15N3O4S. The fourth-order valence-electron chi connectivity index (χ4n) is 2.46. The van der Waals surface area contributed by atoms with Crippen LogP contribution in [0.4, 0.5) is 0 Å². The van der Waals surface area contributed by atoms with E-state index in [2.05, 4.69) is 5.10 Å². The van der Waals surface area contributed by atoms with Gasteiger partial charge in [-0.3, -0.25) is 4.79 Å². The Kier molecular flexibility index (Phi) is 3.71. The Hall–Kier alpha value is -2.19. The minimum absolute atomic E-state index is 0.00812. The monoisotopic (exact) mass is 321 g/mol. The van der Waals surface area contributed by atoms with Gasteiger partial charge in [-0.15, -0.1) is 0 Å². The zero-order chi connectivity index (χ0) is 15.7. The van der Waals surface area contributed by atoms with Crippen molar-refractivity contribution in [3.05, 3.63) is 42.7 Å². The molecule has 1 atom stereocenters. The fourth-order valence-corrected chi connectivity index (χ4v) is 3.89. The van der Waals surface area contributed by atoms with E-state index in [-0.39, 0.29) is 18.0 Å². The molecule has 0 saturated carbocycles. The van der Waals surface area contributed by atoms with Crippen molar-refractivity contribution < 1.29 is 18.3 Å². The van der Waals surface area contributed by atoms with Gasteiger partial charge in [-0.05, 0) is 18.6 Å². The highest BCUT2D eigenvalue weighted by Gasteiger charge is 2.36. The van der Waals surface area contributed by atoms with Gasteiger partial charge in [0.15, 0.2) is 0 Å². The summed E-state index contributed by atoms with van der Waals surface area (Å²) in [6.07, 6.45) is 3.07. The molecule has 3 rings (SSSR count). The van der Waals surface area contributed by atoms with E-state index >= 15 is 0 Å². The molecule has 8 heteroatoms. The van der Waals surface area contributed by atoms with Crippen LogP contribution in [0.2, 0.25) is 0 Å². The molecule has 1 saturated heterocycles. The Morgan fingerprint density at radius 3 is 2.64 bits per heavy atom. The largest absolute Gasteiger partial charge is 0.481 e. The lowest BCUT2D eigenvalue weighted by atomic mass is 10.1. The van der Waals surface area contributed by atoms with Crippen molar-refractivity contribution in [2.75, 3.05) is 13.1 Å². The van der Waals surface area contributed by atoms with Crippen molar-refractivity contribution in [2.24, 2.45) is 5.92 Å². The second-order valence-electron chi connectivity index (χ2n) is 5.14. The van der Waals surface area contributed by atoms with Gasteiger partial charge in [0.2, 0.25) is 10.0 Å². The van der Waals surface area contributed by atoms with Crippen LogP contribution < -0.4 is 0 Å². The van der Waals surface area contributed by atoms with Gasteiger partial charge in [0.05, 0.1) is 24.0 Å². The third kappa shape index (κ3) is 2.62. The summed E-state index contributed by atoms with van der Waals surface area (Å²) in [5, 5.41) is 13.1. The summed E-state index contributed by atoms with van der Waals surface area (Å²) >= 11 is 0. The Morgan fingerprint density at radius 2 is 2.00 bits per heavy atom. The summed E-state index contributed by atoms with van der Waals surface area (Å²) in [5.41, 5.74) is 0.758. The quantitative estimate of drug-likeness (QED) is 0.906. The molecule has 1 aromatic carbocycles. The molecule has 7 nitrogen and oxygen atoms in total. The average Bonchev–Trinajstić information content (AvgIpc) is 3.18. The SMILES string of the molecule is O=C(O)[C@H]1CCN(S(=O)(=O)c2cnn(-c3ccccc3)c2)C1. The first-order chi connectivity index (χ1) is 10.5. The van der Waals surface area contributed by atoms with Crippen LogP contribution in [-0.4, -0.2) is 46.7 Å². The lowest BCUT2D eigenvalue weighted by molar-refractivity contribution is -0.141. The van der Waals surface area contributed by atoms with Gasteiger partial charge < -0.3 is 5.11 Å². The first-order valence-corrected chi connectivity index (χ1v) is 8.25. The molecule has 0 bridgehead atoms. The molecule has 1 fully saturated rings. The lowest BCUT2D eigenvalue weighted by Crippen LogP contribution is -2.29. The van der Waals surface area contributed by atoms with Crippen molar-refractivity contribution in [1.82, 2.24) is 14.1 Å². The normalized spacial score (nSPS) is 19.4. The molecule has 0 amide bonds. The van der Waals surface area contributed by atoms with Crippen molar-refractivity contribution >= 4 is 16.0 Å². The molecule has 1 aliphatic rings. The van der Waals surface area contributed by atoms with Crippen LogP contribution in [0.15, 0.2) is 47.6 Å². The molecule has 0 unspecified atom stereocenters. The van der Waals surface area contributed by atoms with Gasteiger partial charge >= 0.3 is 5.97 Å². The van der Waals surface area contributed by atoms with E-state index in [0.29, 0.717) is 6.42 Å². The summed E-state index contributed by atoms with van der Waals surface area (Å²) in [5.74, 6) is -1.60. The highest BCUT2D eigenvalue weighted by Crippen LogP contribution is 2.24. The topological polar surface area (TPSA) is 92.5 Å². The molecule has 0 radical (unpaired) electrons. The Balaban J connectivity index is 1.85. The first-order valence-electron chi connectivity index (χ1n) is 6.81. The van der Waals surface area contributed by atoms with Crippen molar-refractivity contribution in [3.63, 3.8) is 0 Å². The van der Waals surface area contributed by atoms with Crippen LogP contribution in [-0.2, 0) is 14.8 Å². The van der Waals surface area contributed by atoms with Crippen LogP contribution in [0.5, 0.6) is 0 Å². The number of aliphatic carboxylic acids is 1. The zero-order valence-corrected chi connectivity index (χ0v) is 12.5. The number of sulfonamides is 1. The minimum Gasteiger partial charge on any atom is -0.481 e. The lowest BCUT2D eigenvalue weighted by Gasteiger charge is -2.14. The van der Waals surface area contributed by atoms with Gasteiger partial charge in [-0.2, -0.15) is 9.40 Å². The molecule has 1 aromatic heterocycles. The number of hydrogen-bond acceptors (Lipinski definition) is 4. The van der Waals surface area contributed by atoms with Crippen LogP contribution >= 0.6 is 0 Å². The van der Waals surface area contributed by atoms with Crippen molar-refractivity contribution in [2.45, 2.75) is 11.3 Å². The van der Waals surface area contributed by atoms with Crippen molar-refractivity contribution in [1.29, 1.82) is 0 Å². The summed E-state index contributed by atoms with van der Waals surface area (Å²) < 4.78 is 27.7. The maximum atomic E-state index is 12.5. The predicted octanol–water partition coefficient (Wildman–Crippen LogP) is 0.967. The maximum Gasteiger partial charge on any atom is 0.307 e. The molecule has 1 N–H and O–H groups in total. The number of carboxylic acids is 1. The summed E-state index contributed by atoms with van der Waals surface area (Å²) in [6, 6.07) is 9.17. The van der Waals surface area contributed by atoms with E-state index in [4.69, 9.17) is 5.11 Å². The highest BCUT2D eigenvalue weighted by molar-refractivity contribution is 7.89. The summed E-state index contributed by atoms with van der Waals surface area (Å²) in [4.78, 5) is 11.0. The van der Waals surface area contributed by atoms with Gasteiger partial charge in [0.25, 0.3) is 0 Å². The number of hydrogen-bond donors (Lipinski definition) is 1. The molecule has 0 spiro atoms. The standard InChI is InChI=1S/C14H15N3O4S/c18-14(19)11-6-7-16(9-11)22(20,21)13-8-15-17(10-13)12-4-2-1-3-5-12/h1-5,8,10-11H,6-7,9H2,(H,18,19)/t11-/m0/s1. The maximum absolute atomic E-state index is 12.5. The molecule has 0 aliphatic carbocycles. The molecule has 22 heavy (non-hydrogen) atoms. The second kappa shape index (κ2) is 5.54. The number of rotatable bonds is 4. The average molecular weight is 321 g/mol. The minimum atomic E-state index is -3.71. The van der Waals surface area contributed by atoms with E-state index in [1.807, 2.05) is 30.3 Å². The van der Waals surface area contributed by atoms with Crippen LogP contribution in [0.25, 0.3) is 5.69 Å². The Morgan fingerprint density at radius 1 is 1.27 bits per heavy atom. The van der Waals surface area contributed by atoms with Gasteiger partial charge in [0.1, 0.15) is 4.90 Å². The Labute approximate surface area is 127 Å². The Bertz CT molecular complexity index is 785. The highest BCUT2D eigenvalue weighted by atomic mass is 32.2. The molecule has 2 aromatic rings. The molecule has 116 valence electrons. The van der Waals surface area contributed by atoms with E-state index in [0.717, 1.165) is 5.69 Å². The number of carboxylic acid groups (broad SMARTS) is 1. The van der Waals surface area contributed by atoms with Gasteiger partial charge in [-0.1, -0.05) is 18.2 Å². The number of aromatic nitrogens is 2. The van der Waals surface area contributed by atoms with Crippen LogP contribution in [0.1, 0.15) is 6.42 Å². The van der Waals surface area contributed by atoms with E-state index in [1.165, 1.54) is 21.4 Å². The summed E-state index contributed by atoms with van der Waals surface area (Å²) in [6.45, 7) is 0.226. The van der Waals surface area contributed by atoms with Crippen LogP contribution in [0.3, 0.4) is 0 Å². The molecule has 2 heterocycles. The van der Waals surface area contributed by atoms with Crippen molar-refractivity contribution in [3.8, 4) is 5.69 Å². The third-order valence-corrected chi connectivity index (χ3v) is 5.54. The van der Waals surface area contributed by atoms with Gasteiger partial charge in [0, 0.05) is 13.1 Å². The predicted molar refractivity (Wildman–Crippen MR) is 78.1 cm³/mol. The molecule has 1 aliphatic heterocycles.